The molecule has 0 aliphatic rings. The van der Waals surface area contributed by atoms with E-state index in [0.29, 0.717) is 0 Å². The van der Waals surface area contributed by atoms with Gasteiger partial charge < -0.3 is 9.88 Å². The first-order chi connectivity index (χ1) is 9.35. The molecule has 0 radical (unpaired) electrons. The molecule has 0 aromatic carbocycles. The normalized spacial score (nSPS) is 11.4. The van der Waals surface area contributed by atoms with Crippen LogP contribution in [-0.4, -0.2) is 25.5 Å². The van der Waals surface area contributed by atoms with Crippen LogP contribution in [0.25, 0.3) is 4.96 Å². The van der Waals surface area contributed by atoms with E-state index in [1.54, 1.807) is 11.3 Å². The zero-order valence-corrected chi connectivity index (χ0v) is 11.7. The van der Waals surface area contributed by atoms with E-state index in [9.17, 15) is 0 Å². The second-order valence-electron chi connectivity index (χ2n) is 4.54. The van der Waals surface area contributed by atoms with Gasteiger partial charge in [0.05, 0.1) is 24.3 Å². The standard InChI is InChI=1S/C13H17N5S/c1-2-3-14-6-11-7-17(10-15-11)8-12-9-18-4-5-19-13(18)16-12/h4-5,7,9-10,14H,2-3,6,8H2,1H3. The fourth-order valence-corrected chi connectivity index (χ4v) is 2.74. The van der Waals surface area contributed by atoms with Crippen molar-refractivity contribution in [1.82, 2.24) is 24.3 Å². The predicted molar refractivity (Wildman–Crippen MR) is 76.4 cm³/mol. The summed E-state index contributed by atoms with van der Waals surface area (Å²) >= 11 is 1.65. The maximum atomic E-state index is 4.57. The van der Waals surface area contributed by atoms with Crippen LogP contribution in [0.5, 0.6) is 0 Å². The summed E-state index contributed by atoms with van der Waals surface area (Å²) in [5, 5.41) is 5.39. The summed E-state index contributed by atoms with van der Waals surface area (Å²) in [6.07, 6.45) is 9.20. The van der Waals surface area contributed by atoms with Gasteiger partial charge >= 0.3 is 0 Å². The minimum atomic E-state index is 0.773. The highest BCUT2D eigenvalue weighted by Gasteiger charge is 2.04. The molecule has 3 aromatic rings. The summed E-state index contributed by atoms with van der Waals surface area (Å²) in [5.74, 6) is 0. The Morgan fingerprint density at radius 1 is 1.32 bits per heavy atom. The molecule has 3 aromatic heterocycles. The first-order valence-corrected chi connectivity index (χ1v) is 7.35. The molecule has 0 unspecified atom stereocenters. The van der Waals surface area contributed by atoms with Crippen LogP contribution in [0.3, 0.4) is 0 Å². The lowest BCUT2D eigenvalue weighted by Crippen LogP contribution is -2.13. The molecule has 6 heteroatoms. The first-order valence-electron chi connectivity index (χ1n) is 6.47. The molecule has 3 heterocycles. The molecule has 0 atom stereocenters. The lowest BCUT2D eigenvalue weighted by Gasteiger charge is -1.99. The molecule has 19 heavy (non-hydrogen) atoms. The van der Waals surface area contributed by atoms with Crippen molar-refractivity contribution in [3.05, 3.63) is 41.7 Å². The summed E-state index contributed by atoms with van der Waals surface area (Å²) < 4.78 is 4.13. The fourth-order valence-electron chi connectivity index (χ4n) is 2.02. The molecule has 0 saturated heterocycles. The molecule has 0 amide bonds. The van der Waals surface area contributed by atoms with Gasteiger partial charge in [0.15, 0.2) is 4.96 Å². The molecule has 0 fully saturated rings. The number of fused-ring (bicyclic) bond motifs is 1. The van der Waals surface area contributed by atoms with Crippen molar-refractivity contribution >= 4 is 16.3 Å². The number of nitrogens with zero attached hydrogens (tertiary/aromatic N) is 4. The quantitative estimate of drug-likeness (QED) is 0.701. The second-order valence-corrected chi connectivity index (χ2v) is 5.41. The van der Waals surface area contributed by atoms with E-state index in [-0.39, 0.29) is 0 Å². The van der Waals surface area contributed by atoms with Crippen LogP contribution in [-0.2, 0) is 13.1 Å². The summed E-state index contributed by atoms with van der Waals surface area (Å²) in [6.45, 7) is 4.80. The third-order valence-corrected chi connectivity index (χ3v) is 3.68. The summed E-state index contributed by atoms with van der Waals surface area (Å²) in [6, 6.07) is 0. The van der Waals surface area contributed by atoms with Crippen molar-refractivity contribution < 1.29 is 0 Å². The Morgan fingerprint density at radius 2 is 2.26 bits per heavy atom. The molecule has 0 aliphatic carbocycles. The van der Waals surface area contributed by atoms with Crippen molar-refractivity contribution in [2.24, 2.45) is 0 Å². The van der Waals surface area contributed by atoms with Crippen molar-refractivity contribution in [3.8, 4) is 0 Å². The number of hydrogen-bond acceptors (Lipinski definition) is 4. The number of hydrogen-bond donors (Lipinski definition) is 1. The Hall–Kier alpha value is -1.66. The van der Waals surface area contributed by atoms with E-state index in [1.165, 1.54) is 0 Å². The van der Waals surface area contributed by atoms with Crippen LogP contribution in [0, 0.1) is 0 Å². The summed E-state index contributed by atoms with van der Waals surface area (Å²) in [4.78, 5) is 10.0. The van der Waals surface area contributed by atoms with Gasteiger partial charge in [-0.05, 0) is 13.0 Å². The van der Waals surface area contributed by atoms with Gasteiger partial charge in [-0.2, -0.15) is 0 Å². The van der Waals surface area contributed by atoms with Gasteiger partial charge in [-0.3, -0.25) is 4.40 Å². The highest BCUT2D eigenvalue weighted by molar-refractivity contribution is 7.15. The second kappa shape index (κ2) is 5.54. The fraction of sp³-hybridized carbons (Fsp3) is 0.385. The molecule has 100 valence electrons. The van der Waals surface area contributed by atoms with E-state index in [0.717, 1.165) is 42.4 Å². The lowest BCUT2D eigenvalue weighted by atomic mass is 10.4. The SMILES string of the molecule is CCCNCc1cn(Cc2cn3ccsc3n2)cn1. The topological polar surface area (TPSA) is 47.2 Å². The van der Waals surface area contributed by atoms with Crippen LogP contribution in [0.4, 0.5) is 0 Å². The first kappa shape index (κ1) is 12.4. The molecule has 0 aliphatic heterocycles. The van der Waals surface area contributed by atoms with Gasteiger partial charge in [0.25, 0.3) is 0 Å². The number of imidazole rings is 2. The number of thiazole rings is 1. The molecule has 1 N–H and O–H groups in total. The third-order valence-electron chi connectivity index (χ3n) is 2.91. The Labute approximate surface area is 115 Å². The number of aromatic nitrogens is 4. The monoisotopic (exact) mass is 275 g/mol. The van der Waals surface area contributed by atoms with Crippen molar-refractivity contribution in [2.75, 3.05) is 6.54 Å². The zero-order chi connectivity index (χ0) is 13.1. The predicted octanol–water partition coefficient (Wildman–Crippen LogP) is 2.14. The van der Waals surface area contributed by atoms with Gasteiger partial charge in [0.2, 0.25) is 0 Å². The van der Waals surface area contributed by atoms with Gasteiger partial charge in [-0.25, -0.2) is 9.97 Å². The van der Waals surface area contributed by atoms with Gasteiger partial charge in [0.1, 0.15) is 0 Å². The molecular formula is C13H17N5S. The molecule has 0 spiro atoms. The van der Waals surface area contributed by atoms with Crippen molar-refractivity contribution in [1.29, 1.82) is 0 Å². The van der Waals surface area contributed by atoms with Gasteiger partial charge in [-0.15, -0.1) is 11.3 Å². The largest absolute Gasteiger partial charge is 0.331 e. The van der Waals surface area contributed by atoms with Crippen molar-refractivity contribution in [2.45, 2.75) is 26.4 Å². The Morgan fingerprint density at radius 3 is 3.11 bits per heavy atom. The minimum absolute atomic E-state index is 0.773. The van der Waals surface area contributed by atoms with Crippen LogP contribution in [0.2, 0.25) is 0 Å². The highest BCUT2D eigenvalue weighted by atomic mass is 32.1. The van der Waals surface area contributed by atoms with E-state index >= 15 is 0 Å². The maximum absolute atomic E-state index is 4.57. The number of nitrogens with one attached hydrogen (secondary N) is 1. The maximum Gasteiger partial charge on any atom is 0.193 e. The van der Waals surface area contributed by atoms with Crippen LogP contribution < -0.4 is 5.32 Å². The average molecular weight is 275 g/mol. The average Bonchev–Trinajstić information content (AvgIpc) is 3.06. The Balaban J connectivity index is 1.64. The van der Waals surface area contributed by atoms with E-state index in [2.05, 4.69) is 43.6 Å². The molecule has 0 bridgehead atoms. The van der Waals surface area contributed by atoms with Gasteiger partial charge in [0, 0.05) is 30.5 Å². The van der Waals surface area contributed by atoms with Crippen LogP contribution >= 0.6 is 11.3 Å². The number of rotatable bonds is 6. The summed E-state index contributed by atoms with van der Waals surface area (Å²) in [5.41, 5.74) is 2.15. The smallest absolute Gasteiger partial charge is 0.193 e. The Bertz CT molecular complexity index is 622. The molecular weight excluding hydrogens is 258 g/mol. The van der Waals surface area contributed by atoms with E-state index in [1.807, 2.05) is 17.9 Å². The van der Waals surface area contributed by atoms with Crippen LogP contribution in [0.1, 0.15) is 24.7 Å². The van der Waals surface area contributed by atoms with Crippen molar-refractivity contribution in [3.63, 3.8) is 0 Å². The molecule has 5 nitrogen and oxygen atoms in total. The molecule has 3 rings (SSSR count). The highest BCUT2D eigenvalue weighted by Crippen LogP contribution is 2.12. The summed E-state index contributed by atoms with van der Waals surface area (Å²) in [7, 11) is 0. The van der Waals surface area contributed by atoms with E-state index < -0.39 is 0 Å². The minimum Gasteiger partial charge on any atom is -0.331 e. The van der Waals surface area contributed by atoms with Gasteiger partial charge in [-0.1, -0.05) is 6.92 Å². The van der Waals surface area contributed by atoms with Crippen LogP contribution in [0.15, 0.2) is 30.3 Å². The lowest BCUT2D eigenvalue weighted by molar-refractivity contribution is 0.665. The van der Waals surface area contributed by atoms with E-state index in [4.69, 9.17) is 0 Å². The zero-order valence-electron chi connectivity index (χ0n) is 10.9. The Kier molecular flexibility index (Phi) is 3.61. The third kappa shape index (κ3) is 2.85. The molecule has 0 saturated carbocycles.